The van der Waals surface area contributed by atoms with Gasteiger partial charge in [0.1, 0.15) is 17.2 Å². The number of Topliss-reactive ketones (excluding diaryl/α,β-unsaturated/α-hetero) is 2. The molecule has 224 valence electrons. The van der Waals surface area contributed by atoms with Crippen LogP contribution in [0.2, 0.25) is 0 Å². The number of para-hydroxylation sites is 1. The summed E-state index contributed by atoms with van der Waals surface area (Å²) >= 11 is 0. The SMILES string of the molecule is CCCOc1cccc(C(=O)[C@@H]2[C@H](C(=O)c3ccc4c(c3)OCO4)N3C=Cc4ccccc4[C@@H]3[C@]23C(=O)Nc2ccccc23)c1. The number of nitrogens with one attached hydrogen (secondary N) is 1. The van der Waals surface area contributed by atoms with Gasteiger partial charge < -0.3 is 24.4 Å². The second-order valence-corrected chi connectivity index (χ2v) is 11.8. The van der Waals surface area contributed by atoms with E-state index in [4.69, 9.17) is 14.2 Å². The first-order chi connectivity index (χ1) is 22.0. The maximum Gasteiger partial charge on any atom is 0.238 e. The van der Waals surface area contributed by atoms with Gasteiger partial charge >= 0.3 is 0 Å². The molecule has 45 heavy (non-hydrogen) atoms. The Hall–Kier alpha value is -5.37. The Morgan fingerprint density at radius 1 is 0.911 bits per heavy atom. The molecule has 0 aliphatic carbocycles. The van der Waals surface area contributed by atoms with Crippen molar-refractivity contribution in [3.05, 3.63) is 125 Å². The molecule has 0 bridgehead atoms. The molecule has 1 fully saturated rings. The molecule has 0 saturated carbocycles. The number of carbonyl (C=O) groups is 3. The zero-order valence-corrected chi connectivity index (χ0v) is 24.6. The number of nitrogens with zero attached hydrogens (tertiary/aromatic N) is 1. The van der Waals surface area contributed by atoms with E-state index < -0.39 is 23.4 Å². The molecule has 4 aromatic carbocycles. The number of benzene rings is 4. The van der Waals surface area contributed by atoms with Crippen molar-refractivity contribution in [1.82, 2.24) is 4.90 Å². The van der Waals surface area contributed by atoms with Crippen molar-refractivity contribution < 1.29 is 28.6 Å². The molecule has 8 nitrogen and oxygen atoms in total. The lowest BCUT2D eigenvalue weighted by atomic mass is 9.62. The topological polar surface area (TPSA) is 94.2 Å². The summed E-state index contributed by atoms with van der Waals surface area (Å²) in [6.07, 6.45) is 4.63. The Labute approximate surface area is 260 Å². The van der Waals surface area contributed by atoms with Crippen LogP contribution in [-0.4, -0.2) is 41.8 Å². The third kappa shape index (κ3) is 3.94. The Morgan fingerprint density at radius 3 is 2.60 bits per heavy atom. The van der Waals surface area contributed by atoms with Crippen molar-refractivity contribution in [2.24, 2.45) is 5.92 Å². The molecule has 4 aromatic rings. The number of carbonyl (C=O) groups excluding carboxylic acids is 3. The summed E-state index contributed by atoms with van der Waals surface area (Å²) in [5, 5.41) is 3.09. The third-order valence-electron chi connectivity index (χ3n) is 9.37. The fourth-order valence-corrected chi connectivity index (χ4v) is 7.53. The Balaban J connectivity index is 1.37. The molecule has 1 amide bonds. The minimum Gasteiger partial charge on any atom is -0.494 e. The number of ketones is 2. The first kappa shape index (κ1) is 27.2. The van der Waals surface area contributed by atoms with Gasteiger partial charge in [0.25, 0.3) is 0 Å². The van der Waals surface area contributed by atoms with Crippen LogP contribution in [-0.2, 0) is 10.2 Å². The third-order valence-corrected chi connectivity index (χ3v) is 9.37. The number of fused-ring (bicyclic) bond motifs is 7. The monoisotopic (exact) mass is 598 g/mol. The van der Waals surface area contributed by atoms with Gasteiger partial charge in [-0.15, -0.1) is 0 Å². The highest BCUT2D eigenvalue weighted by molar-refractivity contribution is 6.16. The standard InChI is InChI=1S/C37H30N2O6/c1-2-18-43-25-10-7-9-23(19-25)33(40)31-32(34(41)24-14-15-29-30(20-24)45-21-44-29)39-17-16-22-8-3-4-11-26(22)35(39)37(31)27-12-5-6-13-28(27)38-36(37)42/h3-17,19-20,31-32,35H,2,18,21H2,1H3,(H,38,42)/t31-,32+,35+,37+/m0/s1. The van der Waals surface area contributed by atoms with Crippen molar-refractivity contribution in [2.75, 3.05) is 18.7 Å². The van der Waals surface area contributed by atoms with Crippen LogP contribution in [0.5, 0.6) is 17.2 Å². The molecule has 4 aliphatic rings. The molecular formula is C37H30N2O6. The number of hydrogen-bond donors (Lipinski definition) is 1. The van der Waals surface area contributed by atoms with Crippen LogP contribution in [0.3, 0.4) is 0 Å². The summed E-state index contributed by atoms with van der Waals surface area (Å²) < 4.78 is 17.0. The van der Waals surface area contributed by atoms with Crippen LogP contribution in [0.25, 0.3) is 6.08 Å². The van der Waals surface area contributed by atoms with E-state index in [0.29, 0.717) is 46.2 Å². The molecule has 4 aliphatic heterocycles. The highest BCUT2D eigenvalue weighted by Crippen LogP contribution is 2.62. The van der Waals surface area contributed by atoms with Crippen LogP contribution in [0.4, 0.5) is 5.69 Å². The molecule has 1 N–H and O–H groups in total. The van der Waals surface area contributed by atoms with Crippen molar-refractivity contribution in [3.8, 4) is 17.2 Å². The Kier molecular flexibility index (Phi) is 6.27. The van der Waals surface area contributed by atoms with E-state index in [1.54, 1.807) is 36.4 Å². The van der Waals surface area contributed by atoms with Crippen molar-refractivity contribution in [3.63, 3.8) is 0 Å². The van der Waals surface area contributed by atoms with Crippen molar-refractivity contribution >= 4 is 29.2 Å². The van der Waals surface area contributed by atoms with Gasteiger partial charge in [0.2, 0.25) is 12.7 Å². The molecule has 4 atom stereocenters. The molecule has 8 heteroatoms. The van der Waals surface area contributed by atoms with Crippen LogP contribution in [0, 0.1) is 5.92 Å². The van der Waals surface area contributed by atoms with E-state index in [-0.39, 0.29) is 24.3 Å². The zero-order valence-electron chi connectivity index (χ0n) is 24.6. The summed E-state index contributed by atoms with van der Waals surface area (Å²) in [5.41, 5.74) is 2.50. The summed E-state index contributed by atoms with van der Waals surface area (Å²) in [6.45, 7) is 2.59. The zero-order chi connectivity index (χ0) is 30.7. The first-order valence-corrected chi connectivity index (χ1v) is 15.2. The molecule has 1 spiro atoms. The fraction of sp³-hybridized carbons (Fsp3) is 0.216. The predicted octanol–water partition coefficient (Wildman–Crippen LogP) is 6.19. The highest BCUT2D eigenvalue weighted by Gasteiger charge is 2.70. The van der Waals surface area contributed by atoms with Gasteiger partial charge in [0.15, 0.2) is 23.1 Å². The van der Waals surface area contributed by atoms with Crippen LogP contribution < -0.4 is 19.5 Å². The maximum atomic E-state index is 15.1. The van der Waals surface area contributed by atoms with Gasteiger partial charge in [-0.25, -0.2) is 0 Å². The van der Waals surface area contributed by atoms with Gasteiger partial charge in [-0.3, -0.25) is 14.4 Å². The van der Waals surface area contributed by atoms with Gasteiger partial charge in [-0.1, -0.05) is 61.5 Å². The van der Waals surface area contributed by atoms with Gasteiger partial charge in [-0.05, 0) is 65.6 Å². The van der Waals surface area contributed by atoms with Gasteiger partial charge in [-0.2, -0.15) is 0 Å². The molecule has 0 radical (unpaired) electrons. The summed E-state index contributed by atoms with van der Waals surface area (Å²) in [4.78, 5) is 46.5. The van der Waals surface area contributed by atoms with Gasteiger partial charge in [0, 0.05) is 23.0 Å². The average molecular weight is 599 g/mol. The highest BCUT2D eigenvalue weighted by atomic mass is 16.7. The van der Waals surface area contributed by atoms with E-state index in [1.807, 2.05) is 78.7 Å². The van der Waals surface area contributed by atoms with Gasteiger partial charge in [0.05, 0.1) is 18.6 Å². The minimum absolute atomic E-state index is 0.0712. The van der Waals surface area contributed by atoms with Crippen molar-refractivity contribution in [1.29, 1.82) is 0 Å². The second-order valence-electron chi connectivity index (χ2n) is 11.8. The molecule has 8 rings (SSSR count). The second kappa shape index (κ2) is 10.4. The molecule has 0 aromatic heterocycles. The van der Waals surface area contributed by atoms with E-state index in [9.17, 15) is 9.59 Å². The van der Waals surface area contributed by atoms with Crippen LogP contribution in [0.1, 0.15) is 56.8 Å². The summed E-state index contributed by atoms with van der Waals surface area (Å²) in [5.74, 6) is -0.385. The molecule has 1 saturated heterocycles. The van der Waals surface area contributed by atoms with Crippen molar-refractivity contribution in [2.45, 2.75) is 30.8 Å². The number of amides is 1. The Morgan fingerprint density at radius 2 is 1.71 bits per heavy atom. The number of hydrogen-bond acceptors (Lipinski definition) is 7. The normalized spacial score (nSPS) is 23.4. The minimum atomic E-state index is -1.41. The number of rotatable bonds is 7. The Bertz CT molecular complexity index is 1920. The number of ether oxygens (including phenoxy) is 3. The largest absolute Gasteiger partial charge is 0.494 e. The lowest BCUT2D eigenvalue weighted by Gasteiger charge is -2.38. The average Bonchev–Trinajstić information content (AvgIpc) is 3.76. The smallest absolute Gasteiger partial charge is 0.238 e. The van der Waals surface area contributed by atoms with Crippen LogP contribution in [0.15, 0.2) is 97.2 Å². The molecular weight excluding hydrogens is 568 g/mol. The lowest BCUT2D eigenvalue weighted by Crippen LogP contribution is -2.49. The molecule has 4 heterocycles. The van der Waals surface area contributed by atoms with E-state index >= 15 is 4.79 Å². The quantitative estimate of drug-likeness (QED) is 0.254. The first-order valence-electron chi connectivity index (χ1n) is 15.2. The van der Waals surface area contributed by atoms with E-state index in [0.717, 1.165) is 17.5 Å². The summed E-state index contributed by atoms with van der Waals surface area (Å²) in [7, 11) is 0. The van der Waals surface area contributed by atoms with Crippen LogP contribution >= 0.6 is 0 Å². The predicted molar refractivity (Wildman–Crippen MR) is 168 cm³/mol. The maximum absolute atomic E-state index is 15.1. The van der Waals surface area contributed by atoms with E-state index in [1.165, 1.54) is 0 Å². The molecule has 0 unspecified atom stereocenters. The summed E-state index contributed by atoms with van der Waals surface area (Å²) in [6, 6.07) is 25.8. The number of anilines is 1. The van der Waals surface area contributed by atoms with E-state index in [2.05, 4.69) is 5.32 Å². The lowest BCUT2D eigenvalue weighted by molar-refractivity contribution is -0.122. The fourth-order valence-electron chi connectivity index (χ4n) is 7.53.